The van der Waals surface area contributed by atoms with Gasteiger partial charge in [0.15, 0.2) is 9.84 Å². The van der Waals surface area contributed by atoms with Crippen LogP contribution in [0.5, 0.6) is 5.75 Å². The maximum absolute atomic E-state index is 11.7. The summed E-state index contributed by atoms with van der Waals surface area (Å²) in [6.07, 6.45) is 3.08. The molecule has 0 aliphatic rings. The number of carbonyl (C=O) groups excluding carboxylic acids is 1. The molecule has 0 saturated heterocycles. The molecule has 0 unspecified atom stereocenters. The molecule has 6 heteroatoms. The van der Waals surface area contributed by atoms with Crippen molar-refractivity contribution in [2.24, 2.45) is 0 Å². The van der Waals surface area contributed by atoms with Gasteiger partial charge in [0.2, 0.25) is 0 Å². The molecule has 0 aliphatic heterocycles. The van der Waals surface area contributed by atoms with Crippen molar-refractivity contribution >= 4 is 27.0 Å². The summed E-state index contributed by atoms with van der Waals surface area (Å²) in [6, 6.07) is 4.86. The molecule has 0 aliphatic carbocycles. The van der Waals surface area contributed by atoms with E-state index in [9.17, 15) is 13.2 Å². The first-order valence-corrected chi connectivity index (χ1v) is 7.57. The van der Waals surface area contributed by atoms with Crippen LogP contribution in [0.4, 0.5) is 0 Å². The summed E-state index contributed by atoms with van der Waals surface area (Å²) in [7, 11) is -3.44. The minimum Gasteiger partial charge on any atom is -0.492 e. The zero-order chi connectivity index (χ0) is 14.0. The highest BCUT2D eigenvalue weighted by Crippen LogP contribution is 2.32. The van der Waals surface area contributed by atoms with Crippen LogP contribution in [-0.4, -0.2) is 32.6 Å². The highest BCUT2D eigenvalue weighted by atomic mass is 32.2. The van der Waals surface area contributed by atoms with Gasteiger partial charge in [-0.05, 0) is 25.1 Å². The van der Waals surface area contributed by atoms with Crippen LogP contribution < -0.4 is 4.74 Å². The molecule has 2 aromatic rings. The van der Waals surface area contributed by atoms with Gasteiger partial charge in [-0.15, -0.1) is 0 Å². The van der Waals surface area contributed by atoms with Crippen LogP contribution in [0.15, 0.2) is 29.3 Å². The Hall–Kier alpha value is -1.95. The molecule has 19 heavy (non-hydrogen) atoms. The van der Waals surface area contributed by atoms with Crippen LogP contribution in [0.1, 0.15) is 17.3 Å². The first-order valence-electron chi connectivity index (χ1n) is 5.68. The van der Waals surface area contributed by atoms with Crippen molar-refractivity contribution < 1.29 is 17.9 Å². The molecule has 0 radical (unpaired) electrons. The van der Waals surface area contributed by atoms with Crippen molar-refractivity contribution in [1.29, 1.82) is 0 Å². The lowest BCUT2D eigenvalue weighted by Gasteiger charge is -2.11. The molecule has 1 heterocycles. The Morgan fingerprint density at radius 3 is 2.68 bits per heavy atom. The molecule has 0 saturated carbocycles. The third-order valence-electron chi connectivity index (χ3n) is 2.63. The van der Waals surface area contributed by atoms with Crippen LogP contribution in [0.2, 0.25) is 0 Å². The van der Waals surface area contributed by atoms with Gasteiger partial charge < -0.3 is 4.74 Å². The second-order valence-electron chi connectivity index (χ2n) is 4.05. The SMILES string of the molecule is CCOc1c(S(C)(=O)=O)cnc2ccc(C=O)cc12. The van der Waals surface area contributed by atoms with Gasteiger partial charge in [0.25, 0.3) is 0 Å². The van der Waals surface area contributed by atoms with E-state index in [1.807, 2.05) is 0 Å². The Labute approximate surface area is 111 Å². The van der Waals surface area contributed by atoms with Crippen LogP contribution in [0.3, 0.4) is 0 Å². The van der Waals surface area contributed by atoms with Gasteiger partial charge in [-0.3, -0.25) is 9.78 Å². The number of sulfone groups is 1. The maximum atomic E-state index is 11.7. The summed E-state index contributed by atoms with van der Waals surface area (Å²) >= 11 is 0. The summed E-state index contributed by atoms with van der Waals surface area (Å²) in [5.41, 5.74) is 1.03. The lowest BCUT2D eigenvalue weighted by molar-refractivity contribution is 0.112. The third kappa shape index (κ3) is 2.58. The number of nitrogens with zero attached hydrogens (tertiary/aromatic N) is 1. The molecule has 0 fully saturated rings. The summed E-state index contributed by atoms with van der Waals surface area (Å²) in [6.45, 7) is 2.09. The first-order chi connectivity index (χ1) is 8.97. The average molecular weight is 279 g/mol. The summed E-state index contributed by atoms with van der Waals surface area (Å²) in [5.74, 6) is 0.249. The quantitative estimate of drug-likeness (QED) is 0.798. The fourth-order valence-corrected chi connectivity index (χ4v) is 2.55. The van der Waals surface area contributed by atoms with Crippen molar-refractivity contribution in [3.05, 3.63) is 30.0 Å². The van der Waals surface area contributed by atoms with Crippen LogP contribution in [-0.2, 0) is 9.84 Å². The van der Waals surface area contributed by atoms with Gasteiger partial charge >= 0.3 is 0 Å². The Morgan fingerprint density at radius 1 is 1.37 bits per heavy atom. The lowest BCUT2D eigenvalue weighted by Crippen LogP contribution is -2.04. The van der Waals surface area contributed by atoms with E-state index in [0.717, 1.165) is 6.26 Å². The molecule has 0 spiro atoms. The second-order valence-corrected chi connectivity index (χ2v) is 6.04. The molecule has 2 rings (SSSR count). The minimum absolute atomic E-state index is 0.0323. The Balaban J connectivity index is 2.85. The number of hydrogen-bond acceptors (Lipinski definition) is 5. The highest BCUT2D eigenvalue weighted by molar-refractivity contribution is 7.90. The first kappa shape index (κ1) is 13.5. The summed E-state index contributed by atoms with van der Waals surface area (Å²) in [4.78, 5) is 14.9. The van der Waals surface area contributed by atoms with E-state index in [1.165, 1.54) is 6.20 Å². The number of aromatic nitrogens is 1. The number of pyridine rings is 1. The zero-order valence-electron chi connectivity index (χ0n) is 10.6. The second kappa shape index (κ2) is 4.97. The fourth-order valence-electron chi connectivity index (χ4n) is 1.80. The van der Waals surface area contributed by atoms with E-state index in [-0.39, 0.29) is 10.6 Å². The Kier molecular flexibility index (Phi) is 3.53. The minimum atomic E-state index is -3.44. The molecule has 100 valence electrons. The molecule has 0 amide bonds. The fraction of sp³-hybridized carbons (Fsp3) is 0.231. The zero-order valence-corrected chi connectivity index (χ0v) is 11.4. The predicted molar refractivity (Wildman–Crippen MR) is 71.4 cm³/mol. The standard InChI is InChI=1S/C13H13NO4S/c1-3-18-13-10-6-9(8-15)4-5-11(10)14-7-12(13)19(2,16)17/h4-8H,3H2,1-2H3. The molecule has 0 bridgehead atoms. The highest BCUT2D eigenvalue weighted by Gasteiger charge is 2.18. The number of hydrogen-bond donors (Lipinski definition) is 0. The third-order valence-corrected chi connectivity index (χ3v) is 3.72. The van der Waals surface area contributed by atoms with Gasteiger partial charge in [-0.2, -0.15) is 0 Å². The molecule has 1 aromatic heterocycles. The number of rotatable bonds is 4. The van der Waals surface area contributed by atoms with Crippen LogP contribution in [0.25, 0.3) is 10.9 Å². The molecule has 0 atom stereocenters. The lowest BCUT2D eigenvalue weighted by atomic mass is 10.1. The van der Waals surface area contributed by atoms with E-state index < -0.39 is 9.84 Å². The number of ether oxygens (including phenoxy) is 1. The largest absolute Gasteiger partial charge is 0.492 e. The van der Waals surface area contributed by atoms with Crippen molar-refractivity contribution in [2.45, 2.75) is 11.8 Å². The average Bonchev–Trinajstić information content (AvgIpc) is 2.37. The number of benzene rings is 1. The van der Waals surface area contributed by atoms with E-state index in [1.54, 1.807) is 25.1 Å². The van der Waals surface area contributed by atoms with Crippen molar-refractivity contribution in [2.75, 3.05) is 12.9 Å². The molecular weight excluding hydrogens is 266 g/mol. The van der Waals surface area contributed by atoms with Gasteiger partial charge in [-0.25, -0.2) is 8.42 Å². The number of fused-ring (bicyclic) bond motifs is 1. The van der Waals surface area contributed by atoms with Gasteiger partial charge in [0.05, 0.1) is 18.3 Å². The maximum Gasteiger partial charge on any atom is 0.180 e. The molecule has 5 nitrogen and oxygen atoms in total. The number of aldehydes is 1. The summed E-state index contributed by atoms with van der Waals surface area (Å²) in [5, 5.41) is 0.523. The Morgan fingerprint density at radius 2 is 2.11 bits per heavy atom. The van der Waals surface area contributed by atoms with Gasteiger partial charge in [0, 0.05) is 17.2 Å². The van der Waals surface area contributed by atoms with E-state index in [2.05, 4.69) is 4.98 Å². The normalized spacial score (nSPS) is 11.5. The summed E-state index contributed by atoms with van der Waals surface area (Å²) < 4.78 is 28.9. The van der Waals surface area contributed by atoms with E-state index in [4.69, 9.17) is 4.74 Å². The van der Waals surface area contributed by atoms with Crippen molar-refractivity contribution in [1.82, 2.24) is 4.98 Å². The Bertz CT molecular complexity index is 738. The monoisotopic (exact) mass is 279 g/mol. The van der Waals surface area contributed by atoms with Gasteiger partial charge in [-0.1, -0.05) is 0 Å². The molecule has 1 aromatic carbocycles. The van der Waals surface area contributed by atoms with Crippen molar-refractivity contribution in [3.8, 4) is 5.75 Å². The molecule has 0 N–H and O–H groups in total. The van der Waals surface area contributed by atoms with Crippen molar-refractivity contribution in [3.63, 3.8) is 0 Å². The topological polar surface area (TPSA) is 73.3 Å². The van der Waals surface area contributed by atoms with E-state index in [0.29, 0.717) is 29.4 Å². The van der Waals surface area contributed by atoms with E-state index >= 15 is 0 Å². The number of carbonyl (C=O) groups is 1. The van der Waals surface area contributed by atoms with Crippen LogP contribution in [0, 0.1) is 0 Å². The smallest absolute Gasteiger partial charge is 0.180 e. The van der Waals surface area contributed by atoms with Crippen LogP contribution >= 0.6 is 0 Å². The molecular formula is C13H13NO4S. The van der Waals surface area contributed by atoms with Gasteiger partial charge in [0.1, 0.15) is 16.9 Å². The predicted octanol–water partition coefficient (Wildman–Crippen LogP) is 1.85.